The van der Waals surface area contributed by atoms with Crippen molar-refractivity contribution in [3.63, 3.8) is 0 Å². The van der Waals surface area contributed by atoms with E-state index < -0.39 is 17.0 Å². The molecule has 0 radical (unpaired) electrons. The molecule has 2 heterocycles. The molecule has 0 aliphatic carbocycles. The van der Waals surface area contributed by atoms with Gasteiger partial charge in [0.1, 0.15) is 5.69 Å². The van der Waals surface area contributed by atoms with Gasteiger partial charge in [-0.25, -0.2) is 4.98 Å². The lowest BCUT2D eigenvalue weighted by atomic mass is 10.1. The van der Waals surface area contributed by atoms with E-state index in [4.69, 9.17) is 0 Å². The number of halogens is 3. The van der Waals surface area contributed by atoms with E-state index in [2.05, 4.69) is 10.1 Å². The number of aromatic nitrogens is 3. The van der Waals surface area contributed by atoms with Crippen LogP contribution in [0.4, 0.5) is 13.2 Å². The van der Waals surface area contributed by atoms with E-state index in [1.165, 1.54) is 4.68 Å². The Labute approximate surface area is 120 Å². The Kier molecular flexibility index (Phi) is 3.05. The van der Waals surface area contributed by atoms with Crippen molar-refractivity contribution in [1.29, 1.82) is 0 Å². The molecule has 0 saturated heterocycles. The number of alkyl halides is 3. The van der Waals surface area contributed by atoms with Gasteiger partial charge in [0, 0.05) is 18.6 Å². The quantitative estimate of drug-likeness (QED) is 0.682. The maximum Gasteiger partial charge on any atom is 0.443 e. The first kappa shape index (κ1) is 13.7. The van der Waals surface area contributed by atoms with Crippen LogP contribution in [-0.2, 0) is 13.2 Å². The molecule has 4 nitrogen and oxygen atoms in total. The summed E-state index contributed by atoms with van der Waals surface area (Å²) in [5.41, 5.74) is 0.867. The molecule has 0 N–H and O–H groups in total. The lowest BCUT2D eigenvalue weighted by molar-refractivity contribution is -0.137. The summed E-state index contributed by atoms with van der Waals surface area (Å²) in [5, 5.41) is 3.67. The van der Waals surface area contributed by atoms with Gasteiger partial charge >= 0.3 is 6.18 Å². The first-order chi connectivity index (χ1) is 9.88. The second-order valence-corrected chi connectivity index (χ2v) is 5.38. The first-order valence-corrected chi connectivity index (χ1v) is 6.69. The minimum Gasteiger partial charge on any atom is -0.286 e. The number of thiazole rings is 1. The number of hydrogen-bond acceptors (Lipinski definition) is 4. The van der Waals surface area contributed by atoms with Crippen LogP contribution >= 0.6 is 11.3 Å². The standard InChI is InChI=1S/C13H8F3N3OS/c1-19-8-5-3-2-4-7(8)10(18-19)11(20)9-6-17-12(21-9)13(14,15)16/h2-6H,1H3. The third-order valence-electron chi connectivity index (χ3n) is 2.94. The molecule has 0 bridgehead atoms. The minimum absolute atomic E-state index is 0.0776. The molecule has 3 rings (SSSR count). The minimum atomic E-state index is -4.55. The number of carbonyl (C=O) groups is 1. The predicted octanol–water partition coefficient (Wildman–Crippen LogP) is 3.28. The highest BCUT2D eigenvalue weighted by molar-refractivity contribution is 7.14. The van der Waals surface area contributed by atoms with E-state index >= 15 is 0 Å². The molecule has 0 unspecified atom stereocenters. The van der Waals surface area contributed by atoms with Gasteiger partial charge < -0.3 is 0 Å². The fourth-order valence-corrected chi connectivity index (χ4v) is 2.73. The van der Waals surface area contributed by atoms with E-state index in [-0.39, 0.29) is 10.6 Å². The van der Waals surface area contributed by atoms with Gasteiger partial charge in [-0.1, -0.05) is 18.2 Å². The zero-order valence-electron chi connectivity index (χ0n) is 10.7. The van der Waals surface area contributed by atoms with Crippen LogP contribution in [-0.4, -0.2) is 20.5 Å². The number of rotatable bonds is 2. The van der Waals surface area contributed by atoms with Gasteiger partial charge in [-0.3, -0.25) is 9.48 Å². The summed E-state index contributed by atoms with van der Waals surface area (Å²) in [7, 11) is 1.67. The molecule has 0 aliphatic rings. The van der Waals surface area contributed by atoms with Crippen molar-refractivity contribution in [2.75, 3.05) is 0 Å². The number of para-hydroxylation sites is 1. The molecule has 0 atom stereocenters. The third kappa shape index (κ3) is 2.31. The van der Waals surface area contributed by atoms with Crippen molar-refractivity contribution in [2.45, 2.75) is 6.18 Å². The Bertz CT molecular complexity index is 835. The Morgan fingerprint density at radius 2 is 2.00 bits per heavy atom. The molecule has 0 fully saturated rings. The molecular formula is C13H8F3N3OS. The highest BCUT2D eigenvalue weighted by Crippen LogP contribution is 2.33. The van der Waals surface area contributed by atoms with E-state index in [1.807, 2.05) is 0 Å². The summed E-state index contributed by atoms with van der Waals surface area (Å²) < 4.78 is 39.1. The van der Waals surface area contributed by atoms with Crippen molar-refractivity contribution in [3.8, 4) is 0 Å². The molecule has 0 amide bonds. The topological polar surface area (TPSA) is 47.8 Å². The molecule has 0 aliphatic heterocycles. The van der Waals surface area contributed by atoms with Crippen LogP contribution in [0.1, 0.15) is 20.4 Å². The average molecular weight is 311 g/mol. The van der Waals surface area contributed by atoms with Crippen LogP contribution in [0.25, 0.3) is 10.9 Å². The van der Waals surface area contributed by atoms with Crippen molar-refractivity contribution in [1.82, 2.24) is 14.8 Å². The number of hydrogen-bond donors (Lipinski definition) is 0. The third-order valence-corrected chi connectivity index (χ3v) is 3.99. The van der Waals surface area contributed by atoms with Crippen LogP contribution in [0.15, 0.2) is 30.5 Å². The summed E-state index contributed by atoms with van der Waals surface area (Å²) in [6.07, 6.45) is -3.60. The van der Waals surface area contributed by atoms with Crippen molar-refractivity contribution in [2.24, 2.45) is 7.05 Å². The predicted molar refractivity (Wildman–Crippen MR) is 71.3 cm³/mol. The Balaban J connectivity index is 2.07. The lowest BCUT2D eigenvalue weighted by Gasteiger charge is -1.98. The van der Waals surface area contributed by atoms with Crippen LogP contribution < -0.4 is 0 Å². The summed E-state index contributed by atoms with van der Waals surface area (Å²) >= 11 is 0.326. The summed E-state index contributed by atoms with van der Waals surface area (Å²) in [5.74, 6) is -0.556. The number of fused-ring (bicyclic) bond motifs is 1. The SMILES string of the molecule is Cn1nc(C(=O)c2cnc(C(F)(F)F)s2)c2ccccc21. The maximum atomic E-state index is 12.5. The molecule has 0 saturated carbocycles. The molecular weight excluding hydrogens is 303 g/mol. The summed E-state index contributed by atoms with van der Waals surface area (Å²) in [6, 6.07) is 7.04. The van der Waals surface area contributed by atoms with Crippen molar-refractivity contribution >= 4 is 28.0 Å². The van der Waals surface area contributed by atoms with E-state index in [1.54, 1.807) is 31.3 Å². The van der Waals surface area contributed by atoms with Crippen molar-refractivity contribution in [3.05, 3.63) is 46.0 Å². The number of aryl methyl sites for hydroxylation is 1. The molecule has 21 heavy (non-hydrogen) atoms. The van der Waals surface area contributed by atoms with E-state index in [0.29, 0.717) is 16.7 Å². The number of carbonyl (C=O) groups excluding carboxylic acids is 1. The van der Waals surface area contributed by atoms with E-state index in [0.717, 1.165) is 11.7 Å². The Hall–Kier alpha value is -2.22. The molecule has 3 aromatic rings. The van der Waals surface area contributed by atoms with E-state index in [9.17, 15) is 18.0 Å². The van der Waals surface area contributed by atoms with Gasteiger partial charge in [-0.15, -0.1) is 11.3 Å². The van der Waals surface area contributed by atoms with Crippen LogP contribution in [0.3, 0.4) is 0 Å². The number of nitrogens with zero attached hydrogens (tertiary/aromatic N) is 3. The summed E-state index contributed by atoms with van der Waals surface area (Å²) in [6.45, 7) is 0. The number of benzene rings is 1. The molecule has 1 aromatic carbocycles. The zero-order chi connectivity index (χ0) is 15.2. The van der Waals surface area contributed by atoms with Gasteiger partial charge in [-0.2, -0.15) is 18.3 Å². The van der Waals surface area contributed by atoms with Gasteiger partial charge in [0.2, 0.25) is 5.78 Å². The highest BCUT2D eigenvalue weighted by atomic mass is 32.1. The summed E-state index contributed by atoms with van der Waals surface area (Å²) in [4.78, 5) is 15.5. The second kappa shape index (κ2) is 4.66. The second-order valence-electron chi connectivity index (χ2n) is 4.35. The van der Waals surface area contributed by atoms with Gasteiger partial charge in [-0.05, 0) is 6.07 Å². The lowest BCUT2D eigenvalue weighted by Crippen LogP contribution is -2.03. The van der Waals surface area contributed by atoms with Gasteiger partial charge in [0.15, 0.2) is 5.01 Å². The molecule has 2 aromatic heterocycles. The maximum absolute atomic E-state index is 12.5. The van der Waals surface area contributed by atoms with Crippen LogP contribution in [0.5, 0.6) is 0 Å². The average Bonchev–Trinajstić information content (AvgIpc) is 3.04. The molecule has 0 spiro atoms. The van der Waals surface area contributed by atoms with Gasteiger partial charge in [0.25, 0.3) is 0 Å². The Morgan fingerprint density at radius 3 is 2.67 bits per heavy atom. The monoisotopic (exact) mass is 311 g/mol. The first-order valence-electron chi connectivity index (χ1n) is 5.87. The normalized spacial score (nSPS) is 12.0. The fraction of sp³-hybridized carbons (Fsp3) is 0.154. The zero-order valence-corrected chi connectivity index (χ0v) is 11.5. The smallest absolute Gasteiger partial charge is 0.286 e. The number of ketones is 1. The van der Waals surface area contributed by atoms with Crippen molar-refractivity contribution < 1.29 is 18.0 Å². The fourth-order valence-electron chi connectivity index (χ4n) is 2.01. The van der Waals surface area contributed by atoms with Crippen LogP contribution in [0, 0.1) is 0 Å². The van der Waals surface area contributed by atoms with Gasteiger partial charge in [0.05, 0.1) is 10.4 Å². The molecule has 8 heteroatoms. The largest absolute Gasteiger partial charge is 0.443 e. The highest BCUT2D eigenvalue weighted by Gasteiger charge is 2.35. The van der Waals surface area contributed by atoms with Crippen LogP contribution in [0.2, 0.25) is 0 Å². The molecule has 108 valence electrons. The Morgan fingerprint density at radius 1 is 1.29 bits per heavy atom.